The van der Waals surface area contributed by atoms with Crippen molar-refractivity contribution < 1.29 is 0 Å². The maximum absolute atomic E-state index is 5.84. The van der Waals surface area contributed by atoms with Crippen LogP contribution < -0.4 is 11.1 Å². The molecule has 1 saturated carbocycles. The fourth-order valence-electron chi connectivity index (χ4n) is 3.20. The van der Waals surface area contributed by atoms with Crippen LogP contribution in [0.25, 0.3) is 0 Å². The van der Waals surface area contributed by atoms with Crippen molar-refractivity contribution in [1.29, 1.82) is 0 Å². The zero-order chi connectivity index (χ0) is 18.6. The average molecular weight is 363 g/mol. The summed E-state index contributed by atoms with van der Waals surface area (Å²) >= 11 is 0. The standard InChI is InChI=1S/C20H25N7/c1-14(15-2-3-15)12-23-13-17-11-19(27-8-6-22-7-9-27)26-20(25-17)16-4-5-24-18(21)10-16/h4-5,10,12-13,15,22H,1-3,6-9,11H2,(H2,21,24)/b17-13+,23-12?. The molecule has 1 aliphatic carbocycles. The summed E-state index contributed by atoms with van der Waals surface area (Å²) in [5.74, 6) is 2.77. The third-order valence-electron chi connectivity index (χ3n) is 4.91. The van der Waals surface area contributed by atoms with E-state index in [4.69, 9.17) is 15.7 Å². The number of allylic oxidation sites excluding steroid dienone is 1. The van der Waals surface area contributed by atoms with Gasteiger partial charge in [-0.25, -0.2) is 15.0 Å². The number of anilines is 1. The molecular weight excluding hydrogens is 338 g/mol. The molecule has 27 heavy (non-hydrogen) atoms. The van der Waals surface area contributed by atoms with Crippen LogP contribution in [-0.2, 0) is 0 Å². The summed E-state index contributed by atoms with van der Waals surface area (Å²) in [5.41, 5.74) is 8.71. The molecule has 0 spiro atoms. The van der Waals surface area contributed by atoms with E-state index >= 15 is 0 Å². The number of amidine groups is 2. The van der Waals surface area contributed by atoms with Crippen molar-refractivity contribution in [3.63, 3.8) is 0 Å². The van der Waals surface area contributed by atoms with E-state index in [2.05, 4.69) is 26.8 Å². The molecule has 3 heterocycles. The SMILES string of the molecule is C=C(C=N/C=C1\CC(N2CCNCC2)=NC(c2ccnc(N)c2)=N1)C1CC1. The van der Waals surface area contributed by atoms with Crippen molar-refractivity contribution in [2.45, 2.75) is 19.3 Å². The van der Waals surface area contributed by atoms with Gasteiger partial charge in [0.15, 0.2) is 5.84 Å². The molecule has 0 bridgehead atoms. The highest BCUT2D eigenvalue weighted by Crippen LogP contribution is 2.34. The van der Waals surface area contributed by atoms with Gasteiger partial charge in [-0.1, -0.05) is 6.58 Å². The van der Waals surface area contributed by atoms with Crippen LogP contribution in [0.2, 0.25) is 0 Å². The lowest BCUT2D eigenvalue weighted by Crippen LogP contribution is -2.47. The first-order chi connectivity index (χ1) is 13.2. The summed E-state index contributed by atoms with van der Waals surface area (Å²) in [5, 5.41) is 3.38. The van der Waals surface area contributed by atoms with Gasteiger partial charge in [-0.3, -0.25) is 4.99 Å². The Bertz CT molecular complexity index is 840. The normalized spacial score (nSPS) is 22.1. The molecule has 2 aliphatic heterocycles. The molecule has 4 rings (SSSR count). The zero-order valence-corrected chi connectivity index (χ0v) is 15.4. The largest absolute Gasteiger partial charge is 0.384 e. The van der Waals surface area contributed by atoms with E-state index in [1.54, 1.807) is 12.3 Å². The fraction of sp³-hybridized carbons (Fsp3) is 0.400. The Morgan fingerprint density at radius 2 is 2.11 bits per heavy atom. The van der Waals surface area contributed by atoms with Crippen LogP contribution in [-0.4, -0.2) is 53.9 Å². The first-order valence-corrected chi connectivity index (χ1v) is 9.44. The van der Waals surface area contributed by atoms with E-state index in [9.17, 15) is 0 Å². The number of rotatable bonds is 4. The number of aromatic nitrogens is 1. The number of pyridine rings is 1. The molecule has 0 aromatic carbocycles. The van der Waals surface area contributed by atoms with Gasteiger partial charge >= 0.3 is 0 Å². The molecule has 1 aromatic rings. The van der Waals surface area contributed by atoms with E-state index in [1.807, 2.05) is 18.5 Å². The van der Waals surface area contributed by atoms with Crippen LogP contribution >= 0.6 is 0 Å². The third kappa shape index (κ3) is 4.49. The molecule has 2 fully saturated rings. The number of nitrogen functional groups attached to an aromatic ring is 1. The van der Waals surface area contributed by atoms with Crippen molar-refractivity contribution in [3.05, 3.63) is 47.9 Å². The lowest BCUT2D eigenvalue weighted by molar-refractivity contribution is 0.353. The van der Waals surface area contributed by atoms with Gasteiger partial charge in [0, 0.05) is 56.8 Å². The first kappa shape index (κ1) is 17.6. The molecule has 3 aliphatic rings. The van der Waals surface area contributed by atoms with Crippen molar-refractivity contribution >= 4 is 23.7 Å². The quantitative estimate of drug-likeness (QED) is 0.801. The Labute approximate surface area is 159 Å². The molecule has 0 amide bonds. The summed E-state index contributed by atoms with van der Waals surface area (Å²) in [6.07, 6.45) is 8.51. The highest BCUT2D eigenvalue weighted by molar-refractivity contribution is 6.09. The van der Waals surface area contributed by atoms with Crippen LogP contribution in [0.5, 0.6) is 0 Å². The van der Waals surface area contributed by atoms with E-state index in [1.165, 1.54) is 12.8 Å². The van der Waals surface area contributed by atoms with Crippen LogP contribution in [0, 0.1) is 5.92 Å². The van der Waals surface area contributed by atoms with Gasteiger partial charge < -0.3 is 16.0 Å². The lowest BCUT2D eigenvalue weighted by Gasteiger charge is -2.31. The monoisotopic (exact) mass is 363 g/mol. The van der Waals surface area contributed by atoms with Crippen molar-refractivity contribution in [3.8, 4) is 0 Å². The molecule has 1 saturated heterocycles. The minimum Gasteiger partial charge on any atom is -0.384 e. The van der Waals surface area contributed by atoms with E-state index < -0.39 is 0 Å². The number of piperazine rings is 1. The molecule has 1 aromatic heterocycles. The molecule has 7 nitrogen and oxygen atoms in total. The first-order valence-electron chi connectivity index (χ1n) is 9.44. The molecule has 0 atom stereocenters. The summed E-state index contributed by atoms with van der Waals surface area (Å²) in [4.78, 5) is 20.4. The maximum atomic E-state index is 5.84. The highest BCUT2D eigenvalue weighted by Gasteiger charge is 2.23. The third-order valence-corrected chi connectivity index (χ3v) is 4.91. The summed E-state index contributed by atoms with van der Waals surface area (Å²) in [7, 11) is 0. The number of nitrogens with two attached hydrogens (primary N) is 1. The Morgan fingerprint density at radius 3 is 2.85 bits per heavy atom. The van der Waals surface area contributed by atoms with Crippen LogP contribution in [0.15, 0.2) is 57.4 Å². The van der Waals surface area contributed by atoms with E-state index in [0.29, 0.717) is 24.0 Å². The maximum Gasteiger partial charge on any atom is 0.161 e. The van der Waals surface area contributed by atoms with E-state index in [-0.39, 0.29) is 0 Å². The van der Waals surface area contributed by atoms with Gasteiger partial charge in [-0.2, -0.15) is 0 Å². The Hall–Kier alpha value is -2.80. The topological polar surface area (TPSA) is 91.3 Å². The number of hydrogen-bond donors (Lipinski definition) is 2. The molecule has 0 radical (unpaired) electrons. The number of hydrogen-bond acceptors (Lipinski definition) is 7. The number of nitrogens with one attached hydrogen (secondary N) is 1. The van der Waals surface area contributed by atoms with Crippen LogP contribution in [0.3, 0.4) is 0 Å². The molecular formula is C20H25N7. The minimum absolute atomic E-state index is 0.462. The number of nitrogens with zero attached hydrogens (tertiary/aromatic N) is 5. The van der Waals surface area contributed by atoms with Crippen LogP contribution in [0.4, 0.5) is 5.82 Å². The Balaban J connectivity index is 1.61. The smallest absolute Gasteiger partial charge is 0.161 e. The summed E-state index contributed by atoms with van der Waals surface area (Å²) in [6, 6.07) is 3.69. The Morgan fingerprint density at radius 1 is 1.30 bits per heavy atom. The second-order valence-electron chi connectivity index (χ2n) is 7.09. The van der Waals surface area contributed by atoms with Gasteiger partial charge in [0.1, 0.15) is 11.7 Å². The second-order valence-corrected chi connectivity index (χ2v) is 7.09. The molecule has 3 N–H and O–H groups in total. The minimum atomic E-state index is 0.462. The van der Waals surface area contributed by atoms with Crippen molar-refractivity contribution in [1.82, 2.24) is 15.2 Å². The van der Waals surface area contributed by atoms with E-state index in [0.717, 1.165) is 48.8 Å². The van der Waals surface area contributed by atoms with Gasteiger partial charge in [0.2, 0.25) is 0 Å². The average Bonchev–Trinajstić information content (AvgIpc) is 3.54. The predicted octanol–water partition coefficient (Wildman–Crippen LogP) is 2.00. The summed E-state index contributed by atoms with van der Waals surface area (Å²) < 4.78 is 0. The molecule has 0 unspecified atom stereocenters. The zero-order valence-electron chi connectivity index (χ0n) is 15.4. The summed E-state index contributed by atoms with van der Waals surface area (Å²) in [6.45, 7) is 7.90. The van der Waals surface area contributed by atoms with Crippen molar-refractivity contribution in [2.24, 2.45) is 20.9 Å². The fourth-order valence-corrected chi connectivity index (χ4v) is 3.20. The van der Waals surface area contributed by atoms with Gasteiger partial charge in [0.25, 0.3) is 0 Å². The lowest BCUT2D eigenvalue weighted by atomic mass is 10.1. The Kier molecular flexibility index (Phi) is 5.11. The van der Waals surface area contributed by atoms with Gasteiger partial charge in [-0.05, 0) is 36.5 Å². The second kappa shape index (κ2) is 7.84. The molecule has 7 heteroatoms. The predicted molar refractivity (Wildman–Crippen MR) is 110 cm³/mol. The van der Waals surface area contributed by atoms with Crippen LogP contribution in [0.1, 0.15) is 24.8 Å². The number of aliphatic imine (C=N–C) groups is 3. The van der Waals surface area contributed by atoms with Crippen molar-refractivity contribution in [2.75, 3.05) is 31.9 Å². The van der Waals surface area contributed by atoms with Gasteiger partial charge in [0.05, 0.1) is 5.70 Å². The molecule has 140 valence electrons. The van der Waals surface area contributed by atoms with Gasteiger partial charge in [-0.15, -0.1) is 0 Å². The highest BCUT2D eigenvalue weighted by atomic mass is 15.2.